The fourth-order valence-corrected chi connectivity index (χ4v) is 4.23. The first-order valence-electron chi connectivity index (χ1n) is 7.40. The lowest BCUT2D eigenvalue weighted by atomic mass is 10.1. The lowest BCUT2D eigenvalue weighted by molar-refractivity contribution is 0.0601. The Morgan fingerprint density at radius 2 is 2.17 bits per heavy atom. The highest BCUT2D eigenvalue weighted by Gasteiger charge is 2.25. The number of thiocarbonyl (C=S) groups is 1. The molecule has 1 aliphatic carbocycles. The lowest BCUT2D eigenvalue weighted by Gasteiger charge is -2.09. The van der Waals surface area contributed by atoms with Crippen molar-refractivity contribution in [2.24, 2.45) is 0 Å². The molecule has 2 aromatic rings. The van der Waals surface area contributed by atoms with Gasteiger partial charge in [0.05, 0.1) is 12.7 Å². The molecule has 0 saturated carbocycles. The van der Waals surface area contributed by atoms with Gasteiger partial charge in [0, 0.05) is 10.9 Å². The van der Waals surface area contributed by atoms with E-state index >= 15 is 0 Å². The molecule has 122 valence electrons. The number of aromatic nitrogens is 1. The van der Waals surface area contributed by atoms with Crippen molar-refractivity contribution in [1.82, 2.24) is 5.16 Å². The average molecular weight is 351 g/mol. The second kappa shape index (κ2) is 7.10. The maximum atomic E-state index is 12.2. The maximum absolute atomic E-state index is 12.2. The van der Waals surface area contributed by atoms with Crippen LogP contribution in [-0.4, -0.2) is 23.3 Å². The van der Waals surface area contributed by atoms with E-state index in [0.29, 0.717) is 16.5 Å². The maximum Gasteiger partial charge on any atom is 0.341 e. The number of methoxy groups -OCH3 is 1. The normalized spacial score (nSPS) is 13.8. The first-order chi connectivity index (χ1) is 11.2. The molecule has 0 bridgehead atoms. The fourth-order valence-electron chi connectivity index (χ4n) is 2.68. The van der Waals surface area contributed by atoms with Crippen molar-refractivity contribution in [3.8, 4) is 0 Å². The Balaban J connectivity index is 1.85. The molecule has 0 spiro atoms. The number of aryl methyl sites for hydroxylation is 1. The van der Waals surface area contributed by atoms with Crippen LogP contribution in [0.25, 0.3) is 0 Å². The monoisotopic (exact) mass is 351 g/mol. The molecule has 0 amide bonds. The molecule has 0 atom stereocenters. The average Bonchev–Trinajstić information content (AvgIpc) is 3.09. The summed E-state index contributed by atoms with van der Waals surface area (Å²) in [6, 6.07) is 1.67. The highest BCUT2D eigenvalue weighted by atomic mass is 32.1. The van der Waals surface area contributed by atoms with Gasteiger partial charge >= 0.3 is 5.97 Å². The third-order valence-electron chi connectivity index (χ3n) is 3.72. The van der Waals surface area contributed by atoms with Crippen molar-refractivity contribution in [3.05, 3.63) is 28.3 Å². The van der Waals surface area contributed by atoms with Crippen LogP contribution < -0.4 is 10.6 Å². The van der Waals surface area contributed by atoms with Gasteiger partial charge in [-0.25, -0.2) is 4.79 Å². The molecule has 0 fully saturated rings. The quantitative estimate of drug-likeness (QED) is 0.497. The molecule has 2 N–H and O–H groups in total. The zero-order chi connectivity index (χ0) is 16.2. The van der Waals surface area contributed by atoms with Crippen LogP contribution >= 0.6 is 23.6 Å². The second-order valence-electron chi connectivity index (χ2n) is 5.22. The van der Waals surface area contributed by atoms with Crippen molar-refractivity contribution in [1.29, 1.82) is 0 Å². The summed E-state index contributed by atoms with van der Waals surface area (Å²) in [4.78, 5) is 13.5. The van der Waals surface area contributed by atoms with E-state index in [4.69, 9.17) is 21.5 Å². The SMILES string of the molecule is COC(=O)c1c(NC(=S)Nc2ccon2)sc2c1CCCCC2. The molecular formula is C15H17N3O3S2. The van der Waals surface area contributed by atoms with Crippen molar-refractivity contribution in [3.63, 3.8) is 0 Å². The number of anilines is 2. The molecule has 0 aromatic carbocycles. The summed E-state index contributed by atoms with van der Waals surface area (Å²) in [6.45, 7) is 0. The minimum atomic E-state index is -0.323. The van der Waals surface area contributed by atoms with E-state index in [1.807, 2.05) is 0 Å². The van der Waals surface area contributed by atoms with Gasteiger partial charge in [-0.1, -0.05) is 11.6 Å². The minimum Gasteiger partial charge on any atom is -0.465 e. The van der Waals surface area contributed by atoms with Gasteiger partial charge in [0.1, 0.15) is 11.3 Å². The first-order valence-corrected chi connectivity index (χ1v) is 8.62. The number of nitrogens with zero attached hydrogens (tertiary/aromatic N) is 1. The molecule has 8 heteroatoms. The van der Waals surface area contributed by atoms with Gasteiger partial charge in [-0.05, 0) is 43.5 Å². The predicted molar refractivity (Wildman–Crippen MR) is 93.3 cm³/mol. The Labute approximate surface area is 143 Å². The summed E-state index contributed by atoms with van der Waals surface area (Å²) in [7, 11) is 1.40. The molecule has 2 heterocycles. The van der Waals surface area contributed by atoms with Crippen LogP contribution in [0.1, 0.15) is 40.1 Å². The molecule has 1 aliphatic rings. The molecule has 2 aromatic heterocycles. The second-order valence-corrected chi connectivity index (χ2v) is 6.74. The summed E-state index contributed by atoms with van der Waals surface area (Å²) in [5.41, 5.74) is 1.71. The van der Waals surface area contributed by atoms with Crippen LogP contribution in [0.15, 0.2) is 16.9 Å². The number of fused-ring (bicyclic) bond motifs is 1. The Hall–Kier alpha value is -1.93. The smallest absolute Gasteiger partial charge is 0.341 e. The van der Waals surface area contributed by atoms with Gasteiger partial charge < -0.3 is 19.9 Å². The Kier molecular flexibility index (Phi) is 4.92. The summed E-state index contributed by atoms with van der Waals surface area (Å²) < 4.78 is 9.72. The largest absolute Gasteiger partial charge is 0.465 e. The number of carbonyl (C=O) groups excluding carboxylic acids is 1. The predicted octanol–water partition coefficient (Wildman–Crippen LogP) is 3.60. The summed E-state index contributed by atoms with van der Waals surface area (Å²) in [5.74, 6) is 0.191. The number of nitrogens with one attached hydrogen (secondary N) is 2. The van der Waals surface area contributed by atoms with E-state index in [-0.39, 0.29) is 5.97 Å². The molecule has 0 aliphatic heterocycles. The number of hydrogen-bond acceptors (Lipinski definition) is 6. The van der Waals surface area contributed by atoms with Crippen LogP contribution in [0.2, 0.25) is 0 Å². The van der Waals surface area contributed by atoms with E-state index < -0.39 is 0 Å². The van der Waals surface area contributed by atoms with Crippen LogP contribution in [0.3, 0.4) is 0 Å². The third kappa shape index (κ3) is 3.53. The zero-order valence-electron chi connectivity index (χ0n) is 12.7. The van der Waals surface area contributed by atoms with Gasteiger partial charge in [0.25, 0.3) is 0 Å². The van der Waals surface area contributed by atoms with Gasteiger partial charge in [-0.15, -0.1) is 11.3 Å². The van der Waals surface area contributed by atoms with E-state index in [1.54, 1.807) is 17.4 Å². The highest BCUT2D eigenvalue weighted by molar-refractivity contribution is 7.80. The number of carbonyl (C=O) groups is 1. The van der Waals surface area contributed by atoms with E-state index in [9.17, 15) is 4.79 Å². The van der Waals surface area contributed by atoms with E-state index in [2.05, 4.69) is 15.8 Å². The van der Waals surface area contributed by atoms with E-state index in [0.717, 1.165) is 36.2 Å². The van der Waals surface area contributed by atoms with Crippen molar-refractivity contribution in [2.75, 3.05) is 17.7 Å². The standard InChI is InChI=1S/C15H17N3O3S2/c1-20-14(19)12-9-5-3-2-4-6-10(9)23-13(12)17-15(22)16-11-7-8-21-18-11/h7-8H,2-6H2,1H3,(H2,16,17,18,22). The van der Waals surface area contributed by atoms with Crippen LogP contribution in [-0.2, 0) is 17.6 Å². The van der Waals surface area contributed by atoms with Crippen LogP contribution in [0.4, 0.5) is 10.8 Å². The number of hydrogen-bond donors (Lipinski definition) is 2. The Morgan fingerprint density at radius 1 is 1.35 bits per heavy atom. The number of thiophene rings is 1. The van der Waals surface area contributed by atoms with Gasteiger partial charge in [0.15, 0.2) is 10.9 Å². The molecule has 0 radical (unpaired) electrons. The third-order valence-corrected chi connectivity index (χ3v) is 5.13. The molecular weight excluding hydrogens is 334 g/mol. The van der Waals surface area contributed by atoms with Crippen molar-refractivity contribution < 1.29 is 14.1 Å². The van der Waals surface area contributed by atoms with E-state index in [1.165, 1.54) is 24.7 Å². The van der Waals surface area contributed by atoms with Gasteiger partial charge in [0.2, 0.25) is 0 Å². The Morgan fingerprint density at radius 3 is 2.91 bits per heavy atom. The fraction of sp³-hybridized carbons (Fsp3) is 0.400. The van der Waals surface area contributed by atoms with Crippen molar-refractivity contribution >= 4 is 45.5 Å². The summed E-state index contributed by atoms with van der Waals surface area (Å²) in [6.07, 6.45) is 6.79. The minimum absolute atomic E-state index is 0.323. The molecule has 3 rings (SSSR count). The Bertz CT molecular complexity index is 710. The molecule has 0 saturated heterocycles. The zero-order valence-corrected chi connectivity index (χ0v) is 14.3. The van der Waals surface area contributed by atoms with Crippen molar-refractivity contribution in [2.45, 2.75) is 32.1 Å². The van der Waals surface area contributed by atoms with Crippen LogP contribution in [0.5, 0.6) is 0 Å². The first kappa shape index (κ1) is 15.9. The topological polar surface area (TPSA) is 76.4 Å². The van der Waals surface area contributed by atoms with Gasteiger partial charge in [-0.2, -0.15) is 0 Å². The molecule has 0 unspecified atom stereocenters. The highest BCUT2D eigenvalue weighted by Crippen LogP contribution is 2.38. The summed E-state index contributed by atoms with van der Waals surface area (Å²) in [5, 5.41) is 10.9. The summed E-state index contributed by atoms with van der Waals surface area (Å²) >= 11 is 6.86. The number of esters is 1. The molecule has 23 heavy (non-hydrogen) atoms. The number of ether oxygens (including phenoxy) is 1. The van der Waals surface area contributed by atoms with Crippen LogP contribution in [0, 0.1) is 0 Å². The van der Waals surface area contributed by atoms with Gasteiger partial charge in [-0.3, -0.25) is 0 Å². The lowest BCUT2D eigenvalue weighted by Crippen LogP contribution is -2.20. The number of rotatable bonds is 3. The molecule has 6 nitrogen and oxygen atoms in total.